The van der Waals surface area contributed by atoms with Crippen molar-refractivity contribution in [1.82, 2.24) is 5.32 Å². The second kappa shape index (κ2) is 6.24. The molecule has 0 aromatic heterocycles. The van der Waals surface area contributed by atoms with Gasteiger partial charge in [0.25, 0.3) is 0 Å². The maximum atomic E-state index is 5.68. The SMILES string of the molecule is CCNC(CC(C)C)c1ccc2c(c1)CCCO2. The summed E-state index contributed by atoms with van der Waals surface area (Å²) in [6, 6.07) is 7.18. The Morgan fingerprint density at radius 3 is 2.89 bits per heavy atom. The quantitative estimate of drug-likeness (QED) is 0.856. The highest BCUT2D eigenvalue weighted by Gasteiger charge is 2.16. The van der Waals surface area contributed by atoms with Crippen molar-refractivity contribution in [2.24, 2.45) is 5.92 Å². The molecule has 2 rings (SSSR count). The number of benzene rings is 1. The molecule has 0 aliphatic carbocycles. The third-order valence-corrected chi connectivity index (χ3v) is 3.49. The molecule has 1 aromatic carbocycles. The molecule has 0 saturated carbocycles. The topological polar surface area (TPSA) is 21.3 Å². The Morgan fingerprint density at radius 1 is 1.33 bits per heavy atom. The van der Waals surface area contributed by atoms with Gasteiger partial charge in [-0.25, -0.2) is 0 Å². The summed E-state index contributed by atoms with van der Waals surface area (Å²) in [7, 11) is 0. The smallest absolute Gasteiger partial charge is 0.122 e. The van der Waals surface area contributed by atoms with Gasteiger partial charge in [-0.2, -0.15) is 0 Å². The van der Waals surface area contributed by atoms with Gasteiger partial charge in [0.05, 0.1) is 6.61 Å². The number of ether oxygens (including phenoxy) is 1. The first-order valence-corrected chi connectivity index (χ1v) is 7.19. The first-order valence-electron chi connectivity index (χ1n) is 7.19. The predicted octanol–water partition coefficient (Wildman–Crippen LogP) is 3.71. The summed E-state index contributed by atoms with van der Waals surface area (Å²) in [6.07, 6.45) is 3.49. The minimum atomic E-state index is 0.474. The third kappa shape index (κ3) is 3.26. The Morgan fingerprint density at radius 2 is 2.17 bits per heavy atom. The fraction of sp³-hybridized carbons (Fsp3) is 0.625. The summed E-state index contributed by atoms with van der Waals surface area (Å²) in [4.78, 5) is 0. The minimum absolute atomic E-state index is 0.474. The van der Waals surface area contributed by atoms with Crippen molar-refractivity contribution < 1.29 is 4.74 Å². The van der Waals surface area contributed by atoms with Crippen molar-refractivity contribution in [3.05, 3.63) is 29.3 Å². The zero-order chi connectivity index (χ0) is 13.0. The van der Waals surface area contributed by atoms with Gasteiger partial charge in [0.1, 0.15) is 5.75 Å². The molecule has 1 aliphatic rings. The van der Waals surface area contributed by atoms with E-state index in [2.05, 4.69) is 44.3 Å². The van der Waals surface area contributed by atoms with Crippen molar-refractivity contribution in [2.75, 3.05) is 13.2 Å². The molecule has 100 valence electrons. The molecule has 18 heavy (non-hydrogen) atoms. The van der Waals surface area contributed by atoms with Crippen molar-refractivity contribution in [3.63, 3.8) is 0 Å². The van der Waals surface area contributed by atoms with E-state index in [0.717, 1.165) is 31.7 Å². The molecule has 1 heterocycles. The predicted molar refractivity (Wildman–Crippen MR) is 76.1 cm³/mol. The number of fused-ring (bicyclic) bond motifs is 1. The normalized spacial score (nSPS) is 16.2. The summed E-state index contributed by atoms with van der Waals surface area (Å²) in [5.74, 6) is 1.80. The van der Waals surface area contributed by atoms with Crippen LogP contribution in [0.5, 0.6) is 5.75 Å². The van der Waals surface area contributed by atoms with Gasteiger partial charge in [0, 0.05) is 6.04 Å². The highest BCUT2D eigenvalue weighted by Crippen LogP contribution is 2.29. The van der Waals surface area contributed by atoms with E-state index in [9.17, 15) is 0 Å². The lowest BCUT2D eigenvalue weighted by atomic mass is 9.94. The monoisotopic (exact) mass is 247 g/mol. The molecule has 1 unspecified atom stereocenters. The van der Waals surface area contributed by atoms with Crippen LogP contribution in [0.3, 0.4) is 0 Å². The number of hydrogen-bond acceptors (Lipinski definition) is 2. The lowest BCUT2D eigenvalue weighted by molar-refractivity contribution is 0.288. The number of nitrogens with one attached hydrogen (secondary N) is 1. The fourth-order valence-electron chi connectivity index (χ4n) is 2.65. The van der Waals surface area contributed by atoms with Crippen LogP contribution in [0.2, 0.25) is 0 Å². The standard InChI is InChI=1S/C16H25NO/c1-4-17-15(10-12(2)3)13-7-8-16-14(11-13)6-5-9-18-16/h7-8,11-12,15,17H,4-6,9-10H2,1-3H3. The molecule has 1 aliphatic heterocycles. The fourth-order valence-corrected chi connectivity index (χ4v) is 2.65. The van der Waals surface area contributed by atoms with Gasteiger partial charge in [-0.1, -0.05) is 32.9 Å². The van der Waals surface area contributed by atoms with E-state index < -0.39 is 0 Å². The van der Waals surface area contributed by atoms with Crippen molar-refractivity contribution in [1.29, 1.82) is 0 Å². The zero-order valence-electron chi connectivity index (χ0n) is 11.8. The van der Waals surface area contributed by atoms with E-state index in [1.54, 1.807) is 0 Å². The van der Waals surface area contributed by atoms with Crippen LogP contribution in [-0.4, -0.2) is 13.2 Å². The first kappa shape index (κ1) is 13.4. The van der Waals surface area contributed by atoms with Crippen molar-refractivity contribution in [3.8, 4) is 5.75 Å². The number of aryl methyl sites for hydroxylation is 1. The zero-order valence-corrected chi connectivity index (χ0v) is 11.8. The highest BCUT2D eigenvalue weighted by atomic mass is 16.5. The lowest BCUT2D eigenvalue weighted by Crippen LogP contribution is -2.22. The van der Waals surface area contributed by atoms with E-state index in [0.29, 0.717) is 12.0 Å². The molecular formula is C16H25NO. The Labute approximate surface area is 111 Å². The van der Waals surface area contributed by atoms with Crippen LogP contribution < -0.4 is 10.1 Å². The van der Waals surface area contributed by atoms with Gasteiger partial charge in [-0.05, 0) is 48.9 Å². The molecular weight excluding hydrogens is 222 g/mol. The van der Waals surface area contributed by atoms with Gasteiger partial charge in [0.2, 0.25) is 0 Å². The summed E-state index contributed by atoms with van der Waals surface area (Å²) in [5, 5.41) is 3.60. The Bertz CT molecular complexity index is 387. The lowest BCUT2D eigenvalue weighted by Gasteiger charge is -2.23. The summed E-state index contributed by atoms with van der Waals surface area (Å²) >= 11 is 0. The first-order chi connectivity index (χ1) is 8.70. The Hall–Kier alpha value is -1.02. The van der Waals surface area contributed by atoms with Crippen molar-refractivity contribution in [2.45, 2.75) is 46.1 Å². The molecule has 0 bridgehead atoms. The second-order valence-electron chi connectivity index (χ2n) is 5.56. The van der Waals surface area contributed by atoms with E-state index >= 15 is 0 Å². The molecule has 1 aromatic rings. The molecule has 1 atom stereocenters. The average Bonchev–Trinajstić information content (AvgIpc) is 2.37. The molecule has 2 nitrogen and oxygen atoms in total. The molecule has 1 N–H and O–H groups in total. The van der Waals surface area contributed by atoms with Gasteiger partial charge in [0.15, 0.2) is 0 Å². The van der Waals surface area contributed by atoms with E-state index in [1.165, 1.54) is 17.5 Å². The van der Waals surface area contributed by atoms with E-state index in [-0.39, 0.29) is 0 Å². The van der Waals surface area contributed by atoms with Crippen LogP contribution in [0, 0.1) is 5.92 Å². The molecule has 0 spiro atoms. The Balaban J connectivity index is 2.18. The van der Waals surface area contributed by atoms with E-state index in [4.69, 9.17) is 4.74 Å². The van der Waals surface area contributed by atoms with Crippen molar-refractivity contribution >= 4 is 0 Å². The van der Waals surface area contributed by atoms with Crippen LogP contribution >= 0.6 is 0 Å². The molecule has 0 saturated heterocycles. The molecule has 0 amide bonds. The minimum Gasteiger partial charge on any atom is -0.493 e. The van der Waals surface area contributed by atoms with Crippen LogP contribution in [0.15, 0.2) is 18.2 Å². The second-order valence-corrected chi connectivity index (χ2v) is 5.56. The van der Waals surface area contributed by atoms with Gasteiger partial charge >= 0.3 is 0 Å². The summed E-state index contributed by atoms with van der Waals surface area (Å²) < 4.78 is 5.68. The third-order valence-electron chi connectivity index (χ3n) is 3.49. The molecule has 0 radical (unpaired) electrons. The van der Waals surface area contributed by atoms with E-state index in [1.807, 2.05) is 0 Å². The average molecular weight is 247 g/mol. The molecule has 2 heteroatoms. The maximum absolute atomic E-state index is 5.68. The van der Waals surface area contributed by atoms with Crippen LogP contribution in [-0.2, 0) is 6.42 Å². The summed E-state index contributed by atoms with van der Waals surface area (Å²) in [5.41, 5.74) is 2.79. The molecule has 0 fully saturated rings. The van der Waals surface area contributed by atoms with Crippen LogP contribution in [0.1, 0.15) is 50.8 Å². The van der Waals surface area contributed by atoms with Crippen LogP contribution in [0.25, 0.3) is 0 Å². The highest BCUT2D eigenvalue weighted by molar-refractivity contribution is 5.39. The Kier molecular flexibility index (Phi) is 4.65. The largest absolute Gasteiger partial charge is 0.493 e. The number of rotatable bonds is 5. The van der Waals surface area contributed by atoms with Gasteiger partial charge in [-0.3, -0.25) is 0 Å². The maximum Gasteiger partial charge on any atom is 0.122 e. The summed E-state index contributed by atoms with van der Waals surface area (Å²) in [6.45, 7) is 8.63. The van der Waals surface area contributed by atoms with Gasteiger partial charge in [-0.15, -0.1) is 0 Å². The number of hydrogen-bond donors (Lipinski definition) is 1. The van der Waals surface area contributed by atoms with Gasteiger partial charge < -0.3 is 10.1 Å². The van der Waals surface area contributed by atoms with Crippen LogP contribution in [0.4, 0.5) is 0 Å².